The summed E-state index contributed by atoms with van der Waals surface area (Å²) in [6.07, 6.45) is 1.09. The number of benzene rings is 1. The molecule has 1 aromatic carbocycles. The first-order valence-electron chi connectivity index (χ1n) is 5.90. The van der Waals surface area contributed by atoms with Gasteiger partial charge in [0.1, 0.15) is 18.6 Å². The lowest BCUT2D eigenvalue weighted by molar-refractivity contribution is -0.384. The van der Waals surface area contributed by atoms with E-state index in [1.807, 2.05) is 24.3 Å². The first kappa shape index (κ1) is 12.2. The third kappa shape index (κ3) is 2.07. The maximum absolute atomic E-state index is 10.6. The molecule has 1 atom stereocenters. The molecule has 0 aliphatic carbocycles. The van der Waals surface area contributed by atoms with Crippen LogP contribution in [0.2, 0.25) is 0 Å². The van der Waals surface area contributed by atoms with Gasteiger partial charge in [0.15, 0.2) is 0 Å². The molecule has 20 heavy (non-hydrogen) atoms. The molecule has 2 heterocycles. The minimum absolute atomic E-state index is 0.105. The topological polar surface area (TPSA) is 116 Å². The van der Waals surface area contributed by atoms with Gasteiger partial charge in [-0.1, -0.05) is 18.2 Å². The van der Waals surface area contributed by atoms with Crippen molar-refractivity contribution in [2.24, 2.45) is 0 Å². The molecule has 8 heteroatoms. The number of para-hydroxylation sites is 1. The Labute approximate surface area is 113 Å². The van der Waals surface area contributed by atoms with Crippen LogP contribution in [0.3, 0.4) is 0 Å². The maximum Gasteiger partial charge on any atom is 0.329 e. The highest BCUT2D eigenvalue weighted by Gasteiger charge is 2.24. The minimum atomic E-state index is -0.618. The number of ether oxygens (including phenoxy) is 1. The number of anilines is 2. The number of aromatic nitrogens is 2. The Morgan fingerprint density at radius 1 is 1.45 bits per heavy atom. The fraction of sp³-hybridized carbons (Fsp3) is 0.167. The van der Waals surface area contributed by atoms with E-state index in [0.29, 0.717) is 6.61 Å². The summed E-state index contributed by atoms with van der Waals surface area (Å²) in [7, 11) is 0. The quantitative estimate of drug-likeness (QED) is 0.643. The number of hydrogen-bond donors (Lipinski definition) is 2. The third-order valence-corrected chi connectivity index (χ3v) is 3.00. The molecule has 1 aliphatic rings. The van der Waals surface area contributed by atoms with Gasteiger partial charge in [0, 0.05) is 5.56 Å². The number of nitro groups is 1. The highest BCUT2D eigenvalue weighted by molar-refractivity contribution is 5.54. The first-order valence-corrected chi connectivity index (χ1v) is 5.90. The Kier molecular flexibility index (Phi) is 2.82. The fourth-order valence-electron chi connectivity index (χ4n) is 2.04. The normalized spacial score (nSPS) is 16.3. The van der Waals surface area contributed by atoms with Crippen LogP contribution in [0.1, 0.15) is 11.6 Å². The van der Waals surface area contributed by atoms with Crippen LogP contribution in [0, 0.1) is 10.1 Å². The van der Waals surface area contributed by atoms with Gasteiger partial charge in [-0.25, -0.2) is 4.98 Å². The van der Waals surface area contributed by atoms with E-state index in [-0.39, 0.29) is 23.5 Å². The van der Waals surface area contributed by atoms with E-state index in [0.717, 1.165) is 17.5 Å². The lowest BCUT2D eigenvalue weighted by Gasteiger charge is -2.11. The average molecular weight is 273 g/mol. The molecule has 0 fully saturated rings. The van der Waals surface area contributed by atoms with Crippen molar-refractivity contribution >= 4 is 17.5 Å². The molecule has 0 amide bonds. The Morgan fingerprint density at radius 2 is 2.25 bits per heavy atom. The molecule has 1 aromatic heterocycles. The van der Waals surface area contributed by atoms with Crippen molar-refractivity contribution in [3.05, 3.63) is 46.1 Å². The molecular weight excluding hydrogens is 262 g/mol. The van der Waals surface area contributed by atoms with Crippen molar-refractivity contribution in [3.63, 3.8) is 0 Å². The molecule has 1 unspecified atom stereocenters. The molecule has 0 saturated heterocycles. The Morgan fingerprint density at radius 3 is 3.00 bits per heavy atom. The van der Waals surface area contributed by atoms with Gasteiger partial charge in [-0.3, -0.25) is 10.1 Å². The van der Waals surface area contributed by atoms with Gasteiger partial charge in [0.25, 0.3) is 0 Å². The largest absolute Gasteiger partial charge is 0.491 e. The Bertz CT molecular complexity index is 676. The van der Waals surface area contributed by atoms with E-state index in [9.17, 15) is 10.1 Å². The van der Waals surface area contributed by atoms with E-state index in [4.69, 9.17) is 10.5 Å². The summed E-state index contributed by atoms with van der Waals surface area (Å²) in [4.78, 5) is 17.8. The van der Waals surface area contributed by atoms with Gasteiger partial charge in [-0.05, 0) is 6.07 Å². The van der Waals surface area contributed by atoms with E-state index in [1.54, 1.807) is 0 Å². The van der Waals surface area contributed by atoms with Crippen LogP contribution in [0.4, 0.5) is 17.5 Å². The van der Waals surface area contributed by atoms with Gasteiger partial charge in [0.05, 0.1) is 11.0 Å². The second-order valence-corrected chi connectivity index (χ2v) is 4.27. The number of nitrogen functional groups attached to an aromatic ring is 1. The third-order valence-electron chi connectivity index (χ3n) is 3.00. The van der Waals surface area contributed by atoms with Crippen LogP contribution in [0.5, 0.6) is 5.75 Å². The molecule has 2 aromatic rings. The summed E-state index contributed by atoms with van der Waals surface area (Å²) in [5, 5.41) is 13.7. The molecule has 0 spiro atoms. The van der Waals surface area contributed by atoms with E-state index in [1.165, 1.54) is 0 Å². The zero-order chi connectivity index (χ0) is 14.1. The van der Waals surface area contributed by atoms with Crippen LogP contribution in [-0.4, -0.2) is 21.5 Å². The lowest BCUT2D eigenvalue weighted by Crippen LogP contribution is -2.15. The summed E-state index contributed by atoms with van der Waals surface area (Å²) in [6, 6.07) is 7.51. The van der Waals surface area contributed by atoms with Crippen LogP contribution < -0.4 is 15.8 Å². The maximum atomic E-state index is 10.6. The molecule has 102 valence electrons. The number of fused-ring (bicyclic) bond motifs is 1. The first-order chi connectivity index (χ1) is 9.65. The highest BCUT2D eigenvalue weighted by atomic mass is 16.6. The standard InChI is InChI=1S/C12H11N5O3/c13-11-9(17(18)19)5-14-12(16-11)15-8-6-20-10-4-2-1-3-7(8)10/h1-5,8H,6H2,(H3,13,14,15,16). The second kappa shape index (κ2) is 4.65. The molecule has 8 nitrogen and oxygen atoms in total. The average Bonchev–Trinajstić information content (AvgIpc) is 2.82. The molecule has 3 rings (SSSR count). The van der Waals surface area contributed by atoms with Crippen molar-refractivity contribution in [2.45, 2.75) is 6.04 Å². The Balaban J connectivity index is 1.83. The van der Waals surface area contributed by atoms with E-state index >= 15 is 0 Å². The van der Waals surface area contributed by atoms with Crippen LogP contribution in [0.15, 0.2) is 30.5 Å². The summed E-state index contributed by atoms with van der Waals surface area (Å²) in [6.45, 7) is 0.444. The number of nitrogens with zero attached hydrogens (tertiary/aromatic N) is 3. The van der Waals surface area contributed by atoms with Gasteiger partial charge in [0.2, 0.25) is 11.8 Å². The number of nitrogens with two attached hydrogens (primary N) is 1. The van der Waals surface area contributed by atoms with Crippen molar-refractivity contribution in [1.82, 2.24) is 9.97 Å². The van der Waals surface area contributed by atoms with Crippen molar-refractivity contribution in [1.29, 1.82) is 0 Å². The van der Waals surface area contributed by atoms with Crippen molar-refractivity contribution in [2.75, 3.05) is 17.7 Å². The predicted molar refractivity (Wildman–Crippen MR) is 71.4 cm³/mol. The molecule has 0 radical (unpaired) electrons. The second-order valence-electron chi connectivity index (χ2n) is 4.27. The highest BCUT2D eigenvalue weighted by Crippen LogP contribution is 2.33. The minimum Gasteiger partial charge on any atom is -0.491 e. The van der Waals surface area contributed by atoms with Gasteiger partial charge in [-0.15, -0.1) is 0 Å². The predicted octanol–water partition coefficient (Wildman–Crippen LogP) is 1.51. The zero-order valence-electron chi connectivity index (χ0n) is 10.3. The van der Waals surface area contributed by atoms with Gasteiger partial charge in [-0.2, -0.15) is 4.98 Å². The van der Waals surface area contributed by atoms with E-state index in [2.05, 4.69) is 15.3 Å². The van der Waals surface area contributed by atoms with Crippen LogP contribution >= 0.6 is 0 Å². The number of rotatable bonds is 3. The summed E-state index contributed by atoms with van der Waals surface area (Å²) < 4.78 is 5.52. The SMILES string of the molecule is Nc1nc(NC2COc3ccccc32)ncc1[N+](=O)[O-]. The molecule has 0 bridgehead atoms. The van der Waals surface area contributed by atoms with Gasteiger partial charge >= 0.3 is 5.69 Å². The summed E-state index contributed by atoms with van der Waals surface area (Å²) >= 11 is 0. The van der Waals surface area contributed by atoms with Crippen molar-refractivity contribution in [3.8, 4) is 5.75 Å². The molecule has 1 aliphatic heterocycles. The number of hydrogen-bond acceptors (Lipinski definition) is 7. The van der Waals surface area contributed by atoms with Crippen molar-refractivity contribution < 1.29 is 9.66 Å². The van der Waals surface area contributed by atoms with Crippen LogP contribution in [0.25, 0.3) is 0 Å². The summed E-state index contributed by atoms with van der Waals surface area (Å²) in [5.74, 6) is 0.873. The monoisotopic (exact) mass is 273 g/mol. The molecule has 3 N–H and O–H groups in total. The molecule has 0 saturated carbocycles. The van der Waals surface area contributed by atoms with E-state index < -0.39 is 4.92 Å². The van der Waals surface area contributed by atoms with Crippen LogP contribution in [-0.2, 0) is 0 Å². The number of nitrogens with one attached hydrogen (secondary N) is 1. The zero-order valence-corrected chi connectivity index (χ0v) is 10.3. The lowest BCUT2D eigenvalue weighted by atomic mass is 10.1. The smallest absolute Gasteiger partial charge is 0.329 e. The fourth-order valence-corrected chi connectivity index (χ4v) is 2.04. The Hall–Kier alpha value is -2.90. The summed E-state index contributed by atoms with van der Waals surface area (Å²) in [5.41, 5.74) is 6.21. The molecular formula is C12H11N5O3. The van der Waals surface area contributed by atoms with Gasteiger partial charge < -0.3 is 15.8 Å².